The van der Waals surface area contributed by atoms with E-state index in [1.165, 1.54) is 0 Å². The largest absolute Gasteiger partial charge is 0.354 e. The second-order valence-electron chi connectivity index (χ2n) is 4.12. The number of imidazole rings is 1. The minimum atomic E-state index is -0.568. The molecule has 3 N–H and O–H groups in total. The molecule has 82 valence electrons. The second-order valence-corrected chi connectivity index (χ2v) is 4.12. The number of rotatable bonds is 4. The van der Waals surface area contributed by atoms with Gasteiger partial charge in [0.05, 0.1) is 5.54 Å². The molecule has 1 aromatic heterocycles. The number of amides is 1. The Balaban J connectivity index is 1.76. The lowest BCUT2D eigenvalue weighted by atomic mass is 10.2. The molecular formula is C10H16N4O. The SMILES string of the molecule is Cn1ccnc1CCNC(=O)C1(N)CC1. The van der Waals surface area contributed by atoms with E-state index in [0.29, 0.717) is 6.54 Å². The van der Waals surface area contributed by atoms with Gasteiger partial charge < -0.3 is 15.6 Å². The van der Waals surface area contributed by atoms with Crippen molar-refractivity contribution in [2.24, 2.45) is 12.8 Å². The van der Waals surface area contributed by atoms with E-state index in [1.807, 2.05) is 17.8 Å². The Morgan fingerprint density at radius 3 is 3.00 bits per heavy atom. The minimum Gasteiger partial charge on any atom is -0.354 e. The van der Waals surface area contributed by atoms with Gasteiger partial charge in [0.25, 0.3) is 0 Å². The summed E-state index contributed by atoms with van der Waals surface area (Å²) in [6.07, 6.45) is 6.00. The first-order valence-corrected chi connectivity index (χ1v) is 5.15. The molecule has 1 fully saturated rings. The van der Waals surface area contributed by atoms with E-state index >= 15 is 0 Å². The van der Waals surface area contributed by atoms with Crippen LogP contribution < -0.4 is 11.1 Å². The Morgan fingerprint density at radius 1 is 1.73 bits per heavy atom. The molecule has 1 aliphatic carbocycles. The first kappa shape index (κ1) is 10.2. The third-order valence-corrected chi connectivity index (χ3v) is 2.80. The molecule has 1 heterocycles. The van der Waals surface area contributed by atoms with Crippen molar-refractivity contribution in [3.05, 3.63) is 18.2 Å². The molecule has 5 nitrogen and oxygen atoms in total. The van der Waals surface area contributed by atoms with Crippen molar-refractivity contribution in [2.75, 3.05) is 6.54 Å². The topological polar surface area (TPSA) is 72.9 Å². The van der Waals surface area contributed by atoms with Gasteiger partial charge in [-0.2, -0.15) is 0 Å². The van der Waals surface area contributed by atoms with E-state index < -0.39 is 5.54 Å². The number of aryl methyl sites for hydroxylation is 1. The van der Waals surface area contributed by atoms with Crippen LogP contribution in [0.4, 0.5) is 0 Å². The molecule has 1 saturated carbocycles. The number of carbonyl (C=O) groups excluding carboxylic acids is 1. The van der Waals surface area contributed by atoms with Crippen LogP contribution in [0.25, 0.3) is 0 Å². The fourth-order valence-electron chi connectivity index (χ4n) is 1.46. The Morgan fingerprint density at radius 2 is 2.47 bits per heavy atom. The van der Waals surface area contributed by atoms with Gasteiger partial charge in [0.1, 0.15) is 5.82 Å². The predicted molar refractivity (Wildman–Crippen MR) is 56.1 cm³/mol. The molecule has 0 unspecified atom stereocenters. The molecule has 0 bridgehead atoms. The number of hydrogen-bond donors (Lipinski definition) is 2. The number of aromatic nitrogens is 2. The summed E-state index contributed by atoms with van der Waals surface area (Å²) in [6, 6.07) is 0. The van der Waals surface area contributed by atoms with Gasteiger partial charge in [0.2, 0.25) is 5.91 Å². The van der Waals surface area contributed by atoms with E-state index in [0.717, 1.165) is 25.1 Å². The van der Waals surface area contributed by atoms with Gasteiger partial charge in [-0.05, 0) is 12.8 Å². The van der Waals surface area contributed by atoms with Crippen molar-refractivity contribution in [2.45, 2.75) is 24.8 Å². The zero-order chi connectivity index (χ0) is 10.9. The minimum absolute atomic E-state index is 0.0308. The second kappa shape index (κ2) is 3.66. The van der Waals surface area contributed by atoms with E-state index in [2.05, 4.69) is 10.3 Å². The molecule has 1 aromatic rings. The third-order valence-electron chi connectivity index (χ3n) is 2.80. The highest BCUT2D eigenvalue weighted by molar-refractivity contribution is 5.88. The summed E-state index contributed by atoms with van der Waals surface area (Å²) < 4.78 is 1.95. The maximum atomic E-state index is 11.5. The van der Waals surface area contributed by atoms with Gasteiger partial charge in [-0.3, -0.25) is 4.79 Å². The van der Waals surface area contributed by atoms with Gasteiger partial charge in [-0.25, -0.2) is 4.98 Å². The fourth-order valence-corrected chi connectivity index (χ4v) is 1.46. The summed E-state index contributed by atoms with van der Waals surface area (Å²) in [4.78, 5) is 15.6. The number of hydrogen-bond acceptors (Lipinski definition) is 3. The van der Waals surface area contributed by atoms with Crippen LogP contribution in [0, 0.1) is 0 Å². The Hall–Kier alpha value is -1.36. The van der Waals surface area contributed by atoms with Crippen molar-refractivity contribution in [3.63, 3.8) is 0 Å². The maximum absolute atomic E-state index is 11.5. The average Bonchev–Trinajstić information content (AvgIpc) is 2.83. The van der Waals surface area contributed by atoms with Crippen molar-refractivity contribution in [1.82, 2.24) is 14.9 Å². The van der Waals surface area contributed by atoms with Crippen LogP contribution in [0.3, 0.4) is 0 Å². The summed E-state index contributed by atoms with van der Waals surface area (Å²) in [5.41, 5.74) is 5.18. The van der Waals surface area contributed by atoms with Gasteiger partial charge >= 0.3 is 0 Å². The quantitative estimate of drug-likeness (QED) is 0.705. The molecule has 15 heavy (non-hydrogen) atoms. The zero-order valence-corrected chi connectivity index (χ0v) is 8.86. The highest BCUT2D eigenvalue weighted by atomic mass is 16.2. The summed E-state index contributed by atoms with van der Waals surface area (Å²) >= 11 is 0. The number of nitrogens with zero attached hydrogens (tertiary/aromatic N) is 2. The monoisotopic (exact) mass is 208 g/mol. The number of nitrogens with two attached hydrogens (primary N) is 1. The van der Waals surface area contributed by atoms with E-state index in [4.69, 9.17) is 5.73 Å². The maximum Gasteiger partial charge on any atom is 0.240 e. The molecule has 0 saturated heterocycles. The predicted octanol–water partition coefficient (Wildman–Crippen LogP) is -0.430. The molecule has 0 aromatic carbocycles. The molecular weight excluding hydrogens is 192 g/mol. The van der Waals surface area contributed by atoms with E-state index in [-0.39, 0.29) is 5.91 Å². The summed E-state index contributed by atoms with van der Waals surface area (Å²) in [5, 5.41) is 2.83. The summed E-state index contributed by atoms with van der Waals surface area (Å²) in [7, 11) is 1.94. The molecule has 0 atom stereocenters. The highest BCUT2D eigenvalue weighted by Gasteiger charge is 2.45. The van der Waals surface area contributed by atoms with Crippen LogP contribution in [-0.2, 0) is 18.3 Å². The lowest BCUT2D eigenvalue weighted by Crippen LogP contribution is -2.43. The number of carbonyl (C=O) groups is 1. The molecule has 1 aliphatic rings. The van der Waals surface area contributed by atoms with Crippen LogP contribution in [-0.4, -0.2) is 27.5 Å². The Kier molecular flexibility index (Phi) is 2.48. The molecule has 0 spiro atoms. The van der Waals surface area contributed by atoms with E-state index in [9.17, 15) is 4.79 Å². The van der Waals surface area contributed by atoms with Gasteiger partial charge in [-0.15, -0.1) is 0 Å². The molecule has 0 aliphatic heterocycles. The third kappa shape index (κ3) is 2.18. The van der Waals surface area contributed by atoms with Crippen LogP contribution in [0.1, 0.15) is 18.7 Å². The highest BCUT2D eigenvalue weighted by Crippen LogP contribution is 2.31. The average molecular weight is 208 g/mol. The summed E-state index contributed by atoms with van der Waals surface area (Å²) in [6.45, 7) is 0.600. The van der Waals surface area contributed by atoms with Gasteiger partial charge in [-0.1, -0.05) is 0 Å². The smallest absolute Gasteiger partial charge is 0.240 e. The molecule has 2 rings (SSSR count). The van der Waals surface area contributed by atoms with Crippen LogP contribution in [0.15, 0.2) is 12.4 Å². The Labute approximate surface area is 88.7 Å². The van der Waals surface area contributed by atoms with Crippen molar-refractivity contribution < 1.29 is 4.79 Å². The zero-order valence-electron chi connectivity index (χ0n) is 8.86. The van der Waals surface area contributed by atoms with Crippen molar-refractivity contribution >= 4 is 5.91 Å². The molecule has 1 amide bonds. The summed E-state index contributed by atoms with van der Waals surface area (Å²) in [5.74, 6) is 0.939. The van der Waals surface area contributed by atoms with E-state index in [1.54, 1.807) is 6.20 Å². The fraction of sp³-hybridized carbons (Fsp3) is 0.600. The number of nitrogens with one attached hydrogen (secondary N) is 1. The standard InChI is InChI=1S/C10H16N4O/c1-14-7-6-12-8(14)2-5-13-9(15)10(11)3-4-10/h6-7H,2-5,11H2,1H3,(H,13,15). The van der Waals surface area contributed by atoms with Gasteiger partial charge in [0, 0.05) is 32.4 Å². The van der Waals surface area contributed by atoms with Crippen molar-refractivity contribution in [1.29, 1.82) is 0 Å². The normalized spacial score (nSPS) is 17.5. The first-order valence-electron chi connectivity index (χ1n) is 5.15. The Bertz CT molecular complexity index is 367. The van der Waals surface area contributed by atoms with Crippen LogP contribution >= 0.6 is 0 Å². The van der Waals surface area contributed by atoms with Crippen LogP contribution in [0.2, 0.25) is 0 Å². The molecule has 0 radical (unpaired) electrons. The lowest BCUT2D eigenvalue weighted by molar-refractivity contribution is -0.123. The lowest BCUT2D eigenvalue weighted by Gasteiger charge is -2.09. The van der Waals surface area contributed by atoms with Crippen LogP contribution in [0.5, 0.6) is 0 Å². The first-order chi connectivity index (χ1) is 7.12. The molecule has 5 heteroatoms. The van der Waals surface area contributed by atoms with Crippen molar-refractivity contribution in [3.8, 4) is 0 Å². The van der Waals surface area contributed by atoms with Gasteiger partial charge in [0.15, 0.2) is 0 Å².